The summed E-state index contributed by atoms with van der Waals surface area (Å²) >= 11 is 0. The second-order valence-corrected chi connectivity index (χ2v) is 2.96. The van der Waals surface area contributed by atoms with Crippen molar-refractivity contribution in [1.82, 2.24) is 5.32 Å². The first kappa shape index (κ1) is 11.4. The third kappa shape index (κ3) is 5.13. The molecule has 3 nitrogen and oxygen atoms in total. The lowest BCUT2D eigenvalue weighted by atomic mass is 10.1. The summed E-state index contributed by atoms with van der Waals surface area (Å²) in [7, 11) is 1.88. The molecule has 1 N–H and O–H groups in total. The standard InChI is InChI=1S/C9H19NO2/c1-4-7-12-9(11)8(2)5-6-10-3/h8,10H,4-7H2,1-3H3. The van der Waals surface area contributed by atoms with E-state index < -0.39 is 0 Å². The first-order valence-corrected chi connectivity index (χ1v) is 4.53. The predicted molar refractivity (Wildman–Crippen MR) is 49.0 cm³/mol. The van der Waals surface area contributed by atoms with Crippen molar-refractivity contribution in [2.45, 2.75) is 26.7 Å². The van der Waals surface area contributed by atoms with E-state index in [0.717, 1.165) is 19.4 Å². The number of hydrogen-bond donors (Lipinski definition) is 1. The molecule has 0 saturated heterocycles. The zero-order valence-electron chi connectivity index (χ0n) is 8.22. The summed E-state index contributed by atoms with van der Waals surface area (Å²) in [6.45, 7) is 5.30. The SMILES string of the molecule is CCCOC(=O)C(C)CCNC. The molecule has 1 atom stereocenters. The Labute approximate surface area is 74.5 Å². The van der Waals surface area contributed by atoms with Gasteiger partial charge in [-0.15, -0.1) is 0 Å². The van der Waals surface area contributed by atoms with E-state index in [0.29, 0.717) is 6.61 Å². The van der Waals surface area contributed by atoms with Crippen molar-refractivity contribution in [2.24, 2.45) is 5.92 Å². The number of ether oxygens (including phenoxy) is 1. The molecule has 0 rings (SSSR count). The van der Waals surface area contributed by atoms with Crippen LogP contribution >= 0.6 is 0 Å². The van der Waals surface area contributed by atoms with Crippen molar-refractivity contribution in [3.05, 3.63) is 0 Å². The van der Waals surface area contributed by atoms with Crippen LogP contribution in [0.1, 0.15) is 26.7 Å². The molecule has 0 amide bonds. The second-order valence-electron chi connectivity index (χ2n) is 2.96. The highest BCUT2D eigenvalue weighted by atomic mass is 16.5. The van der Waals surface area contributed by atoms with E-state index in [9.17, 15) is 4.79 Å². The Morgan fingerprint density at radius 1 is 1.58 bits per heavy atom. The molecule has 3 heteroatoms. The minimum Gasteiger partial charge on any atom is -0.465 e. The quantitative estimate of drug-likeness (QED) is 0.613. The molecule has 0 aromatic carbocycles. The first-order valence-electron chi connectivity index (χ1n) is 4.53. The Hall–Kier alpha value is -0.570. The van der Waals surface area contributed by atoms with Crippen LogP contribution in [0.4, 0.5) is 0 Å². The van der Waals surface area contributed by atoms with Gasteiger partial charge < -0.3 is 10.1 Å². The summed E-state index contributed by atoms with van der Waals surface area (Å²) in [4.78, 5) is 11.2. The monoisotopic (exact) mass is 173 g/mol. The molecule has 0 aliphatic rings. The highest BCUT2D eigenvalue weighted by molar-refractivity contribution is 5.71. The van der Waals surface area contributed by atoms with Gasteiger partial charge >= 0.3 is 5.97 Å². The maximum absolute atomic E-state index is 11.2. The van der Waals surface area contributed by atoms with Crippen LogP contribution in [0.2, 0.25) is 0 Å². The molecule has 0 heterocycles. The van der Waals surface area contributed by atoms with E-state index in [4.69, 9.17) is 4.74 Å². The smallest absolute Gasteiger partial charge is 0.308 e. The lowest BCUT2D eigenvalue weighted by Gasteiger charge is -2.09. The fourth-order valence-electron chi connectivity index (χ4n) is 0.824. The Morgan fingerprint density at radius 2 is 2.25 bits per heavy atom. The van der Waals surface area contributed by atoms with E-state index in [1.165, 1.54) is 0 Å². The summed E-state index contributed by atoms with van der Waals surface area (Å²) in [6, 6.07) is 0. The molecule has 0 fully saturated rings. The van der Waals surface area contributed by atoms with Crippen LogP contribution in [0.3, 0.4) is 0 Å². The number of nitrogens with one attached hydrogen (secondary N) is 1. The highest BCUT2D eigenvalue weighted by Gasteiger charge is 2.12. The largest absolute Gasteiger partial charge is 0.465 e. The summed E-state index contributed by atoms with van der Waals surface area (Å²) in [6.07, 6.45) is 1.74. The van der Waals surface area contributed by atoms with Crippen molar-refractivity contribution in [1.29, 1.82) is 0 Å². The average molecular weight is 173 g/mol. The molecule has 12 heavy (non-hydrogen) atoms. The third-order valence-electron chi connectivity index (χ3n) is 1.68. The highest BCUT2D eigenvalue weighted by Crippen LogP contribution is 2.03. The minimum atomic E-state index is -0.0768. The maximum Gasteiger partial charge on any atom is 0.308 e. The number of hydrogen-bond acceptors (Lipinski definition) is 3. The van der Waals surface area contributed by atoms with Gasteiger partial charge in [0, 0.05) is 0 Å². The van der Waals surface area contributed by atoms with E-state index in [1.54, 1.807) is 0 Å². The van der Waals surface area contributed by atoms with Crippen molar-refractivity contribution in [3.8, 4) is 0 Å². The van der Waals surface area contributed by atoms with Crippen LogP contribution in [-0.2, 0) is 9.53 Å². The number of carbonyl (C=O) groups excluding carboxylic acids is 1. The zero-order valence-corrected chi connectivity index (χ0v) is 8.22. The fraction of sp³-hybridized carbons (Fsp3) is 0.889. The van der Waals surface area contributed by atoms with E-state index in [-0.39, 0.29) is 11.9 Å². The Morgan fingerprint density at radius 3 is 2.75 bits per heavy atom. The van der Waals surface area contributed by atoms with Gasteiger partial charge in [0.15, 0.2) is 0 Å². The van der Waals surface area contributed by atoms with E-state index >= 15 is 0 Å². The lowest BCUT2D eigenvalue weighted by molar-refractivity contribution is -0.148. The number of carbonyl (C=O) groups is 1. The topological polar surface area (TPSA) is 38.3 Å². The number of rotatable bonds is 6. The predicted octanol–water partition coefficient (Wildman–Crippen LogP) is 1.19. The molecule has 0 saturated carbocycles. The molecule has 0 radical (unpaired) electrons. The van der Waals surface area contributed by atoms with Crippen molar-refractivity contribution in [2.75, 3.05) is 20.2 Å². The van der Waals surface area contributed by atoms with Gasteiger partial charge in [-0.1, -0.05) is 13.8 Å². The third-order valence-corrected chi connectivity index (χ3v) is 1.68. The Kier molecular flexibility index (Phi) is 6.76. The summed E-state index contributed by atoms with van der Waals surface area (Å²) < 4.78 is 4.98. The van der Waals surface area contributed by atoms with Gasteiger partial charge in [0.05, 0.1) is 12.5 Å². The van der Waals surface area contributed by atoms with Crippen LogP contribution < -0.4 is 5.32 Å². The second kappa shape index (κ2) is 7.10. The van der Waals surface area contributed by atoms with Gasteiger partial charge in [0.25, 0.3) is 0 Å². The molecule has 0 aromatic rings. The molecule has 1 unspecified atom stereocenters. The molecule has 0 spiro atoms. The van der Waals surface area contributed by atoms with Gasteiger partial charge in [0.2, 0.25) is 0 Å². The molecular formula is C9H19NO2. The Bertz CT molecular complexity index is 126. The minimum absolute atomic E-state index is 0.0176. The fourth-order valence-corrected chi connectivity index (χ4v) is 0.824. The number of esters is 1. The molecule has 0 aromatic heterocycles. The van der Waals surface area contributed by atoms with Gasteiger partial charge in [0.1, 0.15) is 0 Å². The normalized spacial score (nSPS) is 12.6. The lowest BCUT2D eigenvalue weighted by Crippen LogP contribution is -2.20. The van der Waals surface area contributed by atoms with Crippen LogP contribution in [0, 0.1) is 5.92 Å². The van der Waals surface area contributed by atoms with Gasteiger partial charge in [-0.05, 0) is 26.4 Å². The van der Waals surface area contributed by atoms with Crippen molar-refractivity contribution >= 4 is 5.97 Å². The molecule has 0 aliphatic carbocycles. The average Bonchev–Trinajstić information content (AvgIpc) is 2.10. The zero-order chi connectivity index (χ0) is 9.40. The summed E-state index contributed by atoms with van der Waals surface area (Å²) in [5, 5.41) is 3.00. The van der Waals surface area contributed by atoms with Gasteiger partial charge in [-0.3, -0.25) is 4.79 Å². The van der Waals surface area contributed by atoms with Crippen molar-refractivity contribution < 1.29 is 9.53 Å². The molecule has 0 bridgehead atoms. The van der Waals surface area contributed by atoms with Crippen LogP contribution in [-0.4, -0.2) is 26.2 Å². The van der Waals surface area contributed by atoms with Crippen molar-refractivity contribution in [3.63, 3.8) is 0 Å². The van der Waals surface area contributed by atoms with Crippen LogP contribution in [0.15, 0.2) is 0 Å². The van der Waals surface area contributed by atoms with Gasteiger partial charge in [-0.2, -0.15) is 0 Å². The molecule has 0 aliphatic heterocycles. The summed E-state index contributed by atoms with van der Waals surface area (Å²) in [5.41, 5.74) is 0. The van der Waals surface area contributed by atoms with Crippen LogP contribution in [0.5, 0.6) is 0 Å². The first-order chi connectivity index (χ1) is 5.72. The van der Waals surface area contributed by atoms with Crippen LogP contribution in [0.25, 0.3) is 0 Å². The molecular weight excluding hydrogens is 154 g/mol. The summed E-state index contributed by atoms with van der Waals surface area (Å²) in [5.74, 6) is -0.0592. The van der Waals surface area contributed by atoms with E-state index in [1.807, 2.05) is 20.9 Å². The Balaban J connectivity index is 3.47. The maximum atomic E-state index is 11.2. The molecule has 72 valence electrons. The van der Waals surface area contributed by atoms with E-state index in [2.05, 4.69) is 5.32 Å². The van der Waals surface area contributed by atoms with Gasteiger partial charge in [-0.25, -0.2) is 0 Å².